The van der Waals surface area contributed by atoms with Crippen LogP contribution in [0, 0.1) is 0 Å². The van der Waals surface area contributed by atoms with E-state index in [1.165, 1.54) is 51.0 Å². The van der Waals surface area contributed by atoms with Crippen LogP contribution in [0.25, 0.3) is 0 Å². The van der Waals surface area contributed by atoms with Crippen LogP contribution in [0.4, 0.5) is 5.69 Å². The molecule has 1 aromatic carbocycles. The number of nitrogens with zero attached hydrogens (tertiary/aromatic N) is 1. The SMILES string of the molecule is CN=C(NCCOC1CCCCCC1)NCCc1ccc(NC(C)=O)cc1.I. The molecule has 0 aliphatic heterocycles. The van der Waals surface area contributed by atoms with Gasteiger partial charge in [-0.1, -0.05) is 37.8 Å². The molecular weight excluding hydrogens is 467 g/mol. The number of benzene rings is 1. The standard InChI is InChI=1S/C21H34N4O2.HI/c1-17(26)25-19-11-9-18(10-12-19)13-14-23-21(22-2)24-15-16-27-20-7-5-3-4-6-8-20;/h9-12,20H,3-8,13-16H2,1-2H3,(H,25,26)(H2,22,23,24);1H. The van der Waals surface area contributed by atoms with E-state index in [0.29, 0.717) is 6.10 Å². The predicted molar refractivity (Wildman–Crippen MR) is 127 cm³/mol. The van der Waals surface area contributed by atoms with Crippen molar-refractivity contribution in [2.24, 2.45) is 4.99 Å². The molecule has 2 rings (SSSR count). The number of aliphatic imine (C=N–C) groups is 1. The zero-order chi connectivity index (χ0) is 19.3. The lowest BCUT2D eigenvalue weighted by Crippen LogP contribution is -2.40. The van der Waals surface area contributed by atoms with Gasteiger partial charge in [-0.3, -0.25) is 9.79 Å². The number of guanidine groups is 1. The average Bonchev–Trinajstić information content (AvgIpc) is 2.93. The normalized spacial score (nSPS) is 15.3. The summed E-state index contributed by atoms with van der Waals surface area (Å²) in [5.74, 6) is 0.747. The van der Waals surface area contributed by atoms with Crippen LogP contribution in [0.5, 0.6) is 0 Å². The smallest absolute Gasteiger partial charge is 0.221 e. The van der Waals surface area contributed by atoms with Crippen LogP contribution in [-0.2, 0) is 16.0 Å². The van der Waals surface area contributed by atoms with Gasteiger partial charge in [0.25, 0.3) is 0 Å². The first-order chi connectivity index (χ1) is 13.2. The second kappa shape index (κ2) is 14.6. The van der Waals surface area contributed by atoms with E-state index in [0.717, 1.165) is 37.8 Å². The molecule has 1 fully saturated rings. The second-order valence-corrected chi connectivity index (χ2v) is 7.04. The van der Waals surface area contributed by atoms with Gasteiger partial charge in [0.15, 0.2) is 5.96 Å². The minimum absolute atomic E-state index is 0. The number of hydrogen-bond donors (Lipinski definition) is 3. The second-order valence-electron chi connectivity index (χ2n) is 7.04. The Kier molecular flexibility index (Phi) is 12.9. The van der Waals surface area contributed by atoms with Crippen molar-refractivity contribution in [2.75, 3.05) is 32.1 Å². The van der Waals surface area contributed by atoms with Crippen LogP contribution in [0.3, 0.4) is 0 Å². The fourth-order valence-corrected chi connectivity index (χ4v) is 3.31. The Balaban J connectivity index is 0.00000392. The Morgan fingerprint density at radius 3 is 2.32 bits per heavy atom. The van der Waals surface area contributed by atoms with Crippen molar-refractivity contribution >= 4 is 41.5 Å². The number of halogens is 1. The number of rotatable bonds is 8. The third kappa shape index (κ3) is 10.3. The molecule has 1 aromatic rings. The molecule has 0 atom stereocenters. The molecule has 0 aromatic heterocycles. The molecule has 0 radical (unpaired) electrons. The maximum absolute atomic E-state index is 11.0. The first-order valence-electron chi connectivity index (χ1n) is 10.1. The van der Waals surface area contributed by atoms with E-state index in [-0.39, 0.29) is 29.9 Å². The topological polar surface area (TPSA) is 74.8 Å². The van der Waals surface area contributed by atoms with Crippen LogP contribution < -0.4 is 16.0 Å². The van der Waals surface area contributed by atoms with E-state index in [2.05, 4.69) is 20.9 Å². The largest absolute Gasteiger partial charge is 0.376 e. The molecule has 1 amide bonds. The van der Waals surface area contributed by atoms with E-state index in [4.69, 9.17) is 4.74 Å². The number of ether oxygens (including phenoxy) is 1. The lowest BCUT2D eigenvalue weighted by atomic mass is 10.1. The van der Waals surface area contributed by atoms with Crippen molar-refractivity contribution in [2.45, 2.75) is 58.0 Å². The zero-order valence-electron chi connectivity index (χ0n) is 17.1. The predicted octanol–water partition coefficient (Wildman–Crippen LogP) is 3.71. The van der Waals surface area contributed by atoms with Gasteiger partial charge in [-0.05, 0) is 37.0 Å². The van der Waals surface area contributed by atoms with Gasteiger partial charge in [0.05, 0.1) is 12.7 Å². The molecule has 7 heteroatoms. The average molecular weight is 502 g/mol. The number of nitrogens with one attached hydrogen (secondary N) is 3. The van der Waals surface area contributed by atoms with Crippen LogP contribution >= 0.6 is 24.0 Å². The van der Waals surface area contributed by atoms with E-state index >= 15 is 0 Å². The van der Waals surface area contributed by atoms with Crippen molar-refractivity contribution < 1.29 is 9.53 Å². The summed E-state index contributed by atoms with van der Waals surface area (Å²) in [7, 11) is 1.78. The number of carbonyl (C=O) groups is 1. The molecule has 6 nitrogen and oxygen atoms in total. The monoisotopic (exact) mass is 502 g/mol. The summed E-state index contributed by atoms with van der Waals surface area (Å²) in [6.45, 7) is 3.79. The molecule has 0 unspecified atom stereocenters. The van der Waals surface area contributed by atoms with Gasteiger partial charge in [0, 0.05) is 32.7 Å². The summed E-state index contributed by atoms with van der Waals surface area (Å²) in [4.78, 5) is 15.3. The lowest BCUT2D eigenvalue weighted by molar-refractivity contribution is -0.114. The Hall–Kier alpha value is -1.35. The molecule has 0 bridgehead atoms. The summed E-state index contributed by atoms with van der Waals surface area (Å²) in [6, 6.07) is 7.91. The van der Waals surface area contributed by atoms with Crippen molar-refractivity contribution in [3.8, 4) is 0 Å². The maximum atomic E-state index is 11.0. The van der Waals surface area contributed by atoms with Crippen molar-refractivity contribution in [1.82, 2.24) is 10.6 Å². The van der Waals surface area contributed by atoms with Gasteiger partial charge in [0.1, 0.15) is 0 Å². The van der Waals surface area contributed by atoms with Gasteiger partial charge >= 0.3 is 0 Å². The number of anilines is 1. The molecule has 158 valence electrons. The number of amides is 1. The Morgan fingerprint density at radius 2 is 1.71 bits per heavy atom. The third-order valence-corrected chi connectivity index (χ3v) is 4.75. The van der Waals surface area contributed by atoms with Gasteiger partial charge in [-0.15, -0.1) is 24.0 Å². The van der Waals surface area contributed by atoms with Crippen LogP contribution in [0.1, 0.15) is 51.0 Å². The molecule has 0 saturated heterocycles. The highest BCUT2D eigenvalue weighted by Gasteiger charge is 2.12. The minimum atomic E-state index is -0.0534. The van der Waals surface area contributed by atoms with Crippen LogP contribution in [-0.4, -0.2) is 44.7 Å². The highest BCUT2D eigenvalue weighted by Crippen LogP contribution is 2.19. The van der Waals surface area contributed by atoms with Gasteiger partial charge in [-0.25, -0.2) is 0 Å². The van der Waals surface area contributed by atoms with Gasteiger partial charge in [0.2, 0.25) is 5.91 Å². The third-order valence-electron chi connectivity index (χ3n) is 4.75. The number of hydrogen-bond acceptors (Lipinski definition) is 3. The molecule has 3 N–H and O–H groups in total. The first-order valence-corrected chi connectivity index (χ1v) is 10.1. The van der Waals surface area contributed by atoms with Crippen LogP contribution in [0.2, 0.25) is 0 Å². The summed E-state index contributed by atoms with van der Waals surface area (Å²) in [6.07, 6.45) is 9.03. The van der Waals surface area contributed by atoms with Crippen molar-refractivity contribution in [3.63, 3.8) is 0 Å². The minimum Gasteiger partial charge on any atom is -0.376 e. The molecule has 1 aliphatic rings. The summed E-state index contributed by atoms with van der Waals surface area (Å²) >= 11 is 0. The zero-order valence-corrected chi connectivity index (χ0v) is 19.5. The Bertz CT molecular complexity index is 585. The van der Waals surface area contributed by atoms with Gasteiger partial charge in [-0.2, -0.15) is 0 Å². The molecular formula is C21H35IN4O2. The molecule has 1 saturated carbocycles. The van der Waals surface area contributed by atoms with E-state index in [1.54, 1.807) is 7.05 Å². The Morgan fingerprint density at radius 1 is 1.07 bits per heavy atom. The summed E-state index contributed by atoms with van der Waals surface area (Å²) < 4.78 is 6.00. The lowest BCUT2D eigenvalue weighted by Gasteiger charge is -2.17. The Labute approximate surface area is 186 Å². The van der Waals surface area contributed by atoms with Crippen LogP contribution in [0.15, 0.2) is 29.3 Å². The molecule has 28 heavy (non-hydrogen) atoms. The molecule has 1 aliphatic carbocycles. The van der Waals surface area contributed by atoms with E-state index < -0.39 is 0 Å². The van der Waals surface area contributed by atoms with Crippen molar-refractivity contribution in [3.05, 3.63) is 29.8 Å². The maximum Gasteiger partial charge on any atom is 0.221 e. The molecule has 0 spiro atoms. The number of carbonyl (C=O) groups excluding carboxylic acids is 1. The summed E-state index contributed by atoms with van der Waals surface area (Å²) in [5, 5.41) is 9.41. The highest BCUT2D eigenvalue weighted by molar-refractivity contribution is 14.0. The highest BCUT2D eigenvalue weighted by atomic mass is 127. The van der Waals surface area contributed by atoms with Gasteiger partial charge < -0.3 is 20.7 Å². The summed E-state index contributed by atoms with van der Waals surface area (Å²) in [5.41, 5.74) is 2.04. The fraction of sp³-hybridized carbons (Fsp3) is 0.619. The fourth-order valence-electron chi connectivity index (χ4n) is 3.31. The molecule has 0 heterocycles. The quantitative estimate of drug-likeness (QED) is 0.167. The van der Waals surface area contributed by atoms with E-state index in [1.807, 2.05) is 24.3 Å². The van der Waals surface area contributed by atoms with E-state index in [9.17, 15) is 4.79 Å². The van der Waals surface area contributed by atoms with Crippen molar-refractivity contribution in [1.29, 1.82) is 0 Å². The first kappa shape index (κ1) is 24.7.